The molecule has 3 nitrogen and oxygen atoms in total. The number of hydrogen-bond acceptors (Lipinski definition) is 3. The van der Waals surface area contributed by atoms with Crippen molar-refractivity contribution in [3.63, 3.8) is 0 Å². The lowest BCUT2D eigenvalue weighted by molar-refractivity contribution is 0.608. The third-order valence-corrected chi connectivity index (χ3v) is 5.36. The summed E-state index contributed by atoms with van der Waals surface area (Å²) in [6.07, 6.45) is 0. The molecule has 160 valence electrons. The van der Waals surface area contributed by atoms with Gasteiger partial charge in [-0.2, -0.15) is 0 Å². The Morgan fingerprint density at radius 3 is 1.14 bits per heavy atom. The van der Waals surface area contributed by atoms with Crippen molar-refractivity contribution in [3.05, 3.63) is 47.5 Å². The molecule has 2 aromatic carbocycles. The van der Waals surface area contributed by atoms with Crippen LogP contribution in [-0.2, 0) is 0 Å². The van der Waals surface area contributed by atoms with Crippen LogP contribution in [0.2, 0.25) is 0 Å². The zero-order valence-corrected chi connectivity index (χ0v) is 20.2. The fourth-order valence-corrected chi connectivity index (χ4v) is 4.37. The van der Waals surface area contributed by atoms with Crippen molar-refractivity contribution in [2.45, 2.75) is 93.4 Å². The summed E-state index contributed by atoms with van der Waals surface area (Å²) in [6, 6.07) is 15.2. The second kappa shape index (κ2) is 9.56. The van der Waals surface area contributed by atoms with E-state index in [1.807, 2.05) is 0 Å². The first-order valence-electron chi connectivity index (χ1n) is 11.1. The van der Waals surface area contributed by atoms with Crippen LogP contribution in [-0.4, -0.2) is 24.2 Å². The van der Waals surface area contributed by atoms with Crippen LogP contribution in [0.25, 0.3) is 0 Å². The topological polar surface area (TPSA) is 18.5 Å². The third kappa shape index (κ3) is 5.46. The van der Waals surface area contributed by atoms with Crippen LogP contribution in [0.1, 0.15) is 66.5 Å². The molecule has 0 aliphatic heterocycles. The van der Waals surface area contributed by atoms with Gasteiger partial charge in [-0.25, -0.2) is 0 Å². The highest BCUT2D eigenvalue weighted by atomic mass is 15.2. The van der Waals surface area contributed by atoms with Crippen LogP contribution < -0.4 is 15.1 Å². The maximum absolute atomic E-state index is 3.79. The number of nitrogens with one attached hydrogen (secondary N) is 1. The van der Waals surface area contributed by atoms with Crippen molar-refractivity contribution in [2.75, 3.05) is 15.1 Å². The van der Waals surface area contributed by atoms with Crippen LogP contribution in [0, 0.1) is 13.8 Å². The molecule has 0 aliphatic carbocycles. The van der Waals surface area contributed by atoms with Gasteiger partial charge in [-0.05, 0) is 105 Å². The van der Waals surface area contributed by atoms with Gasteiger partial charge in [-0.15, -0.1) is 0 Å². The molecule has 0 heterocycles. The van der Waals surface area contributed by atoms with Crippen LogP contribution in [0.15, 0.2) is 36.4 Å². The summed E-state index contributed by atoms with van der Waals surface area (Å²) in [5, 5.41) is 3.79. The molecular weight excluding hydrogens is 354 g/mol. The Kier molecular flexibility index (Phi) is 7.62. The lowest BCUT2D eigenvalue weighted by Crippen LogP contribution is -2.38. The molecule has 0 aliphatic rings. The number of aryl methyl sites for hydroxylation is 2. The number of nitrogens with zero attached hydrogens (tertiary/aromatic N) is 2. The largest absolute Gasteiger partial charge is 0.365 e. The Bertz CT molecular complexity index is 722. The van der Waals surface area contributed by atoms with Crippen LogP contribution in [0.5, 0.6) is 0 Å². The average Bonchev–Trinajstić information content (AvgIpc) is 2.58. The Balaban J connectivity index is 2.58. The van der Waals surface area contributed by atoms with Gasteiger partial charge in [0.1, 0.15) is 0 Å². The van der Waals surface area contributed by atoms with Crippen molar-refractivity contribution in [3.8, 4) is 0 Å². The maximum Gasteiger partial charge on any atom is 0.0623 e. The molecule has 1 N–H and O–H groups in total. The summed E-state index contributed by atoms with van der Waals surface area (Å²) in [5.74, 6) is 0. The van der Waals surface area contributed by atoms with Gasteiger partial charge in [0.15, 0.2) is 0 Å². The summed E-state index contributed by atoms with van der Waals surface area (Å²) in [5.41, 5.74) is 7.43. The van der Waals surface area contributed by atoms with Crippen molar-refractivity contribution in [2.24, 2.45) is 0 Å². The number of hydrogen-bond donors (Lipinski definition) is 1. The van der Waals surface area contributed by atoms with Crippen molar-refractivity contribution in [1.29, 1.82) is 0 Å². The van der Waals surface area contributed by atoms with Crippen molar-refractivity contribution >= 4 is 22.7 Å². The first kappa shape index (κ1) is 23.1. The van der Waals surface area contributed by atoms with Crippen LogP contribution >= 0.6 is 0 Å². The van der Waals surface area contributed by atoms with Crippen LogP contribution in [0.3, 0.4) is 0 Å². The van der Waals surface area contributed by atoms with Gasteiger partial charge in [0.25, 0.3) is 0 Å². The van der Waals surface area contributed by atoms with E-state index in [-0.39, 0.29) is 0 Å². The molecule has 0 saturated heterocycles. The molecule has 2 rings (SSSR count). The molecule has 29 heavy (non-hydrogen) atoms. The minimum atomic E-state index is 0.428. The normalized spacial score (nSPS) is 11.7. The quantitative estimate of drug-likeness (QED) is 0.506. The molecule has 3 heteroatoms. The Morgan fingerprint density at radius 2 is 0.862 bits per heavy atom. The molecule has 0 aromatic heterocycles. The van der Waals surface area contributed by atoms with E-state index in [2.05, 4.69) is 121 Å². The van der Waals surface area contributed by atoms with Gasteiger partial charge in [-0.1, -0.05) is 12.1 Å². The highest BCUT2D eigenvalue weighted by Gasteiger charge is 2.21. The predicted octanol–water partition coefficient (Wildman–Crippen LogP) is 7.29. The highest BCUT2D eigenvalue weighted by Crippen LogP contribution is 2.37. The van der Waals surface area contributed by atoms with Crippen molar-refractivity contribution < 1.29 is 0 Å². The first-order valence-corrected chi connectivity index (χ1v) is 11.1. The molecule has 0 saturated carbocycles. The van der Waals surface area contributed by atoms with E-state index in [1.165, 1.54) is 22.5 Å². The Labute approximate surface area is 179 Å². The summed E-state index contributed by atoms with van der Waals surface area (Å²) < 4.78 is 0. The summed E-state index contributed by atoms with van der Waals surface area (Å²) in [6.45, 7) is 22.5. The van der Waals surface area contributed by atoms with E-state index in [9.17, 15) is 0 Å². The second-order valence-electron chi connectivity index (χ2n) is 9.36. The minimum absolute atomic E-state index is 0.428. The highest BCUT2D eigenvalue weighted by molar-refractivity contribution is 5.82. The molecule has 0 fully saturated rings. The fraction of sp³-hybridized carbons (Fsp3) is 0.538. The predicted molar refractivity (Wildman–Crippen MR) is 131 cm³/mol. The molecule has 0 atom stereocenters. The van der Waals surface area contributed by atoms with Crippen molar-refractivity contribution in [1.82, 2.24) is 0 Å². The van der Waals surface area contributed by atoms with E-state index in [0.29, 0.717) is 24.2 Å². The van der Waals surface area contributed by atoms with Gasteiger partial charge in [0, 0.05) is 24.2 Å². The minimum Gasteiger partial charge on any atom is -0.365 e. The molecule has 0 amide bonds. The van der Waals surface area contributed by atoms with E-state index in [4.69, 9.17) is 0 Å². The standard InChI is InChI=1S/C26H41N3/c1-17(2)28(18(3)4)25-15-21(9)11-13-23(25)27-24-14-12-22(10)16-26(24)29(19(5)6)20(7)8/h11-20,27H,1-10H3. The van der Waals surface area contributed by atoms with E-state index < -0.39 is 0 Å². The van der Waals surface area contributed by atoms with Gasteiger partial charge in [-0.3, -0.25) is 0 Å². The Hall–Kier alpha value is -2.16. The van der Waals surface area contributed by atoms with Gasteiger partial charge >= 0.3 is 0 Å². The SMILES string of the molecule is Cc1ccc(Nc2ccc(C)cc2N(C(C)C)C(C)C)c(N(C(C)C)C(C)C)c1. The molecular formula is C26H41N3. The average molecular weight is 396 g/mol. The van der Waals surface area contributed by atoms with Gasteiger partial charge < -0.3 is 15.1 Å². The van der Waals surface area contributed by atoms with E-state index in [1.54, 1.807) is 0 Å². The maximum atomic E-state index is 3.79. The zero-order chi connectivity index (χ0) is 21.9. The molecule has 0 unspecified atom stereocenters. The molecule has 0 bridgehead atoms. The summed E-state index contributed by atoms with van der Waals surface area (Å²) in [4.78, 5) is 4.98. The molecule has 0 spiro atoms. The van der Waals surface area contributed by atoms with Gasteiger partial charge in [0.2, 0.25) is 0 Å². The van der Waals surface area contributed by atoms with Gasteiger partial charge in [0.05, 0.1) is 22.7 Å². The molecule has 0 radical (unpaired) electrons. The number of anilines is 4. The van der Waals surface area contributed by atoms with Crippen LogP contribution in [0.4, 0.5) is 22.7 Å². The zero-order valence-electron chi connectivity index (χ0n) is 20.2. The number of benzene rings is 2. The Morgan fingerprint density at radius 1 is 0.552 bits per heavy atom. The van der Waals surface area contributed by atoms with E-state index >= 15 is 0 Å². The molecule has 2 aromatic rings. The van der Waals surface area contributed by atoms with E-state index in [0.717, 1.165) is 11.4 Å². The summed E-state index contributed by atoms with van der Waals surface area (Å²) in [7, 11) is 0. The lowest BCUT2D eigenvalue weighted by Gasteiger charge is -2.37. The fourth-order valence-electron chi connectivity index (χ4n) is 4.37. The lowest BCUT2D eigenvalue weighted by atomic mass is 10.1. The monoisotopic (exact) mass is 395 g/mol. The second-order valence-corrected chi connectivity index (χ2v) is 9.36. The first-order chi connectivity index (χ1) is 13.5. The smallest absolute Gasteiger partial charge is 0.0623 e. The third-order valence-electron chi connectivity index (χ3n) is 5.36. The number of rotatable bonds is 8. The summed E-state index contributed by atoms with van der Waals surface area (Å²) >= 11 is 0.